The molecule has 0 saturated heterocycles. The summed E-state index contributed by atoms with van der Waals surface area (Å²) in [4.78, 5) is 4.15. The van der Waals surface area contributed by atoms with Gasteiger partial charge in [0.2, 0.25) is 0 Å². The van der Waals surface area contributed by atoms with E-state index < -0.39 is 0 Å². The Balaban J connectivity index is 2.21. The molecular formula is C12H12BrFN2O. The van der Waals surface area contributed by atoms with Gasteiger partial charge in [0.15, 0.2) is 11.7 Å². The number of rotatable bonds is 4. The predicted molar refractivity (Wildman–Crippen MR) is 67.0 cm³/mol. The Morgan fingerprint density at radius 1 is 1.41 bits per heavy atom. The first-order valence-corrected chi connectivity index (χ1v) is 6.10. The average Bonchev–Trinajstić information content (AvgIpc) is 2.79. The molecule has 2 N–H and O–H groups in total. The van der Waals surface area contributed by atoms with E-state index in [1.54, 1.807) is 18.3 Å². The van der Waals surface area contributed by atoms with E-state index in [4.69, 9.17) is 10.2 Å². The van der Waals surface area contributed by atoms with Crippen molar-refractivity contribution in [1.29, 1.82) is 0 Å². The molecule has 1 aromatic carbocycles. The number of aryl methyl sites for hydroxylation is 1. The van der Waals surface area contributed by atoms with Crippen LogP contribution in [0.3, 0.4) is 0 Å². The Kier molecular flexibility index (Phi) is 3.91. The average molecular weight is 299 g/mol. The van der Waals surface area contributed by atoms with Crippen LogP contribution in [-0.2, 0) is 6.42 Å². The summed E-state index contributed by atoms with van der Waals surface area (Å²) in [5.41, 5.74) is 6.21. The van der Waals surface area contributed by atoms with E-state index in [1.165, 1.54) is 6.07 Å². The molecule has 5 heteroatoms. The molecule has 0 saturated carbocycles. The van der Waals surface area contributed by atoms with Crippen molar-refractivity contribution in [3.05, 3.63) is 40.6 Å². The molecule has 0 atom stereocenters. The SMILES string of the molecule is NCCCc1ncc(-c2ccc(F)c(Br)c2)o1. The van der Waals surface area contributed by atoms with Crippen LogP contribution in [0.2, 0.25) is 0 Å². The fourth-order valence-corrected chi connectivity index (χ4v) is 1.84. The van der Waals surface area contributed by atoms with Crippen LogP contribution < -0.4 is 5.73 Å². The highest BCUT2D eigenvalue weighted by molar-refractivity contribution is 9.10. The zero-order chi connectivity index (χ0) is 12.3. The number of hydrogen-bond acceptors (Lipinski definition) is 3. The lowest BCUT2D eigenvalue weighted by Crippen LogP contribution is -2.00. The number of hydrogen-bond donors (Lipinski definition) is 1. The van der Waals surface area contributed by atoms with Gasteiger partial charge in [-0.05, 0) is 47.1 Å². The highest BCUT2D eigenvalue weighted by Gasteiger charge is 2.08. The first-order valence-electron chi connectivity index (χ1n) is 5.31. The molecule has 0 spiro atoms. The molecule has 0 aliphatic carbocycles. The monoisotopic (exact) mass is 298 g/mol. The molecule has 0 bridgehead atoms. The quantitative estimate of drug-likeness (QED) is 0.943. The molecule has 3 nitrogen and oxygen atoms in total. The molecule has 0 fully saturated rings. The molecule has 2 rings (SSSR count). The van der Waals surface area contributed by atoms with Crippen molar-refractivity contribution < 1.29 is 8.81 Å². The molecule has 0 unspecified atom stereocenters. The summed E-state index contributed by atoms with van der Waals surface area (Å²) < 4.78 is 19.0. The maximum absolute atomic E-state index is 13.1. The van der Waals surface area contributed by atoms with Gasteiger partial charge in [-0.25, -0.2) is 9.37 Å². The zero-order valence-electron chi connectivity index (χ0n) is 9.12. The third-order valence-corrected chi connectivity index (χ3v) is 2.96. The summed E-state index contributed by atoms with van der Waals surface area (Å²) in [5.74, 6) is 1.00. The maximum Gasteiger partial charge on any atom is 0.194 e. The molecule has 90 valence electrons. The fourth-order valence-electron chi connectivity index (χ4n) is 1.46. The molecule has 17 heavy (non-hydrogen) atoms. The van der Waals surface area contributed by atoms with Crippen LogP contribution in [0.15, 0.2) is 33.3 Å². The van der Waals surface area contributed by atoms with Crippen molar-refractivity contribution in [3.63, 3.8) is 0 Å². The first-order chi connectivity index (χ1) is 8.20. The highest BCUT2D eigenvalue weighted by Crippen LogP contribution is 2.25. The summed E-state index contributed by atoms with van der Waals surface area (Å²) in [6.07, 6.45) is 3.21. The van der Waals surface area contributed by atoms with Crippen molar-refractivity contribution in [2.24, 2.45) is 5.73 Å². The minimum absolute atomic E-state index is 0.295. The number of benzene rings is 1. The molecule has 1 aromatic heterocycles. The van der Waals surface area contributed by atoms with E-state index in [0.29, 0.717) is 22.7 Å². The Morgan fingerprint density at radius 3 is 2.94 bits per heavy atom. The molecular weight excluding hydrogens is 287 g/mol. The lowest BCUT2D eigenvalue weighted by atomic mass is 10.2. The van der Waals surface area contributed by atoms with Gasteiger partial charge in [0, 0.05) is 12.0 Å². The van der Waals surface area contributed by atoms with Crippen LogP contribution in [0.5, 0.6) is 0 Å². The summed E-state index contributed by atoms with van der Waals surface area (Å²) in [7, 11) is 0. The van der Waals surface area contributed by atoms with Crippen LogP contribution >= 0.6 is 15.9 Å². The Labute approximate surface area is 107 Å². The first kappa shape index (κ1) is 12.3. The smallest absolute Gasteiger partial charge is 0.194 e. The van der Waals surface area contributed by atoms with Crippen LogP contribution in [0, 0.1) is 5.82 Å². The van der Waals surface area contributed by atoms with Gasteiger partial charge in [0.25, 0.3) is 0 Å². The van der Waals surface area contributed by atoms with Crippen LogP contribution in [0.4, 0.5) is 4.39 Å². The maximum atomic E-state index is 13.1. The topological polar surface area (TPSA) is 52.0 Å². The van der Waals surface area contributed by atoms with Crippen molar-refractivity contribution >= 4 is 15.9 Å². The van der Waals surface area contributed by atoms with Gasteiger partial charge in [0.1, 0.15) is 5.82 Å². The Bertz CT molecular complexity index is 513. The van der Waals surface area contributed by atoms with Crippen LogP contribution in [-0.4, -0.2) is 11.5 Å². The normalized spacial score (nSPS) is 10.8. The summed E-state index contributed by atoms with van der Waals surface area (Å²) in [6.45, 7) is 0.611. The third-order valence-electron chi connectivity index (χ3n) is 2.35. The number of oxazole rings is 1. The second-order valence-electron chi connectivity index (χ2n) is 3.64. The molecule has 0 aliphatic heterocycles. The van der Waals surface area contributed by atoms with Gasteiger partial charge in [-0.15, -0.1) is 0 Å². The van der Waals surface area contributed by atoms with Gasteiger partial charge in [0.05, 0.1) is 10.7 Å². The van der Waals surface area contributed by atoms with E-state index in [-0.39, 0.29) is 5.82 Å². The molecule has 0 radical (unpaired) electrons. The van der Waals surface area contributed by atoms with E-state index in [1.807, 2.05) is 0 Å². The summed E-state index contributed by atoms with van der Waals surface area (Å²) >= 11 is 3.14. The van der Waals surface area contributed by atoms with E-state index in [2.05, 4.69) is 20.9 Å². The lowest BCUT2D eigenvalue weighted by molar-refractivity contribution is 0.499. The Hall–Kier alpha value is -1.20. The molecule has 2 aromatic rings. The third kappa shape index (κ3) is 2.92. The van der Waals surface area contributed by atoms with Gasteiger partial charge in [-0.2, -0.15) is 0 Å². The number of halogens is 2. The number of nitrogens with zero attached hydrogens (tertiary/aromatic N) is 1. The predicted octanol–water partition coefficient (Wildman–Crippen LogP) is 3.13. The van der Waals surface area contributed by atoms with Gasteiger partial charge < -0.3 is 10.2 Å². The van der Waals surface area contributed by atoms with E-state index >= 15 is 0 Å². The second kappa shape index (κ2) is 5.42. The van der Waals surface area contributed by atoms with Gasteiger partial charge in [-0.3, -0.25) is 0 Å². The zero-order valence-corrected chi connectivity index (χ0v) is 10.7. The van der Waals surface area contributed by atoms with Gasteiger partial charge in [-0.1, -0.05) is 0 Å². The second-order valence-corrected chi connectivity index (χ2v) is 4.49. The lowest BCUT2D eigenvalue weighted by Gasteiger charge is -1.98. The molecule has 0 aliphatic rings. The van der Waals surface area contributed by atoms with Gasteiger partial charge >= 0.3 is 0 Å². The summed E-state index contributed by atoms with van der Waals surface area (Å²) in [5, 5.41) is 0. The Morgan fingerprint density at radius 2 is 2.24 bits per heavy atom. The standard InChI is InChI=1S/C12H12BrFN2O/c13-9-6-8(3-4-10(9)14)11-7-16-12(17-11)2-1-5-15/h3-4,6-7H,1-2,5,15H2. The number of aromatic nitrogens is 1. The minimum Gasteiger partial charge on any atom is -0.441 e. The summed E-state index contributed by atoms with van der Waals surface area (Å²) in [6, 6.07) is 4.72. The largest absolute Gasteiger partial charge is 0.441 e. The van der Waals surface area contributed by atoms with Crippen LogP contribution in [0.25, 0.3) is 11.3 Å². The molecule has 1 heterocycles. The van der Waals surface area contributed by atoms with E-state index in [0.717, 1.165) is 18.4 Å². The van der Waals surface area contributed by atoms with Crippen molar-refractivity contribution in [1.82, 2.24) is 4.98 Å². The fraction of sp³-hybridized carbons (Fsp3) is 0.250. The van der Waals surface area contributed by atoms with Crippen molar-refractivity contribution in [2.75, 3.05) is 6.54 Å². The van der Waals surface area contributed by atoms with Crippen molar-refractivity contribution in [3.8, 4) is 11.3 Å². The minimum atomic E-state index is -0.295. The van der Waals surface area contributed by atoms with Crippen molar-refractivity contribution in [2.45, 2.75) is 12.8 Å². The molecule has 0 amide bonds. The van der Waals surface area contributed by atoms with Crippen LogP contribution in [0.1, 0.15) is 12.3 Å². The number of nitrogens with two attached hydrogens (primary N) is 1. The highest BCUT2D eigenvalue weighted by atomic mass is 79.9. The van der Waals surface area contributed by atoms with E-state index in [9.17, 15) is 4.39 Å².